The third-order valence-electron chi connectivity index (χ3n) is 3.61. The first-order valence-corrected chi connectivity index (χ1v) is 6.10. The Labute approximate surface area is 111 Å². The zero-order valence-electron chi connectivity index (χ0n) is 10.3. The molecule has 0 saturated heterocycles. The molecule has 0 radical (unpaired) electrons. The third-order valence-corrected chi connectivity index (χ3v) is 3.61. The summed E-state index contributed by atoms with van der Waals surface area (Å²) in [6, 6.07) is 10.7. The number of rotatable bonds is 4. The Morgan fingerprint density at radius 3 is 1.68 bits per heavy atom. The van der Waals surface area contributed by atoms with Crippen LogP contribution in [-0.4, -0.2) is 11.6 Å². The number of carbonyl (C=O) groups is 2. The molecule has 1 aliphatic carbocycles. The topological polar surface area (TPSA) is 81.7 Å². The number of nitrogens with zero attached hydrogens (tertiary/aromatic N) is 2. The van der Waals surface area contributed by atoms with Gasteiger partial charge in [-0.1, -0.05) is 24.3 Å². The average Bonchev–Trinajstić information content (AvgIpc) is 2.66. The molecule has 0 unspecified atom stereocenters. The molecular weight excluding hydrogens is 240 g/mol. The van der Waals surface area contributed by atoms with Crippen LogP contribution >= 0.6 is 0 Å². The van der Waals surface area contributed by atoms with E-state index < -0.39 is 5.41 Å². The predicted molar refractivity (Wildman–Crippen MR) is 67.2 cm³/mol. The smallest absolute Gasteiger partial charge is 0.177 e. The zero-order valence-corrected chi connectivity index (χ0v) is 10.3. The van der Waals surface area contributed by atoms with E-state index >= 15 is 0 Å². The summed E-state index contributed by atoms with van der Waals surface area (Å²) in [5.74, 6) is -0.475. The Balaban J connectivity index is 2.46. The molecule has 0 atom stereocenters. The second-order valence-electron chi connectivity index (χ2n) is 4.60. The van der Waals surface area contributed by atoms with Gasteiger partial charge < -0.3 is 0 Å². The minimum Gasteiger partial charge on any atom is -0.293 e. The number of Topliss-reactive ketones (excluding diaryl/α,β-unsaturated/α-hetero) is 2. The maximum atomic E-state index is 12.5. The van der Waals surface area contributed by atoms with Crippen molar-refractivity contribution in [3.8, 4) is 12.1 Å². The van der Waals surface area contributed by atoms with Gasteiger partial charge in [0.1, 0.15) is 0 Å². The predicted octanol–water partition coefficient (Wildman–Crippen LogP) is 2.66. The minimum absolute atomic E-state index is 0.136. The van der Waals surface area contributed by atoms with Crippen LogP contribution < -0.4 is 0 Å². The lowest BCUT2D eigenvalue weighted by atomic mass is 9.75. The van der Waals surface area contributed by atoms with E-state index in [1.165, 1.54) is 0 Å². The van der Waals surface area contributed by atoms with Gasteiger partial charge in [0.05, 0.1) is 17.6 Å². The summed E-state index contributed by atoms with van der Waals surface area (Å²) in [6.07, 6.45) is 0.656. The number of hydrogen-bond acceptors (Lipinski definition) is 4. The molecule has 1 aromatic carbocycles. The molecule has 0 N–H and O–H groups in total. The highest BCUT2D eigenvalue weighted by molar-refractivity contribution is 6.29. The summed E-state index contributed by atoms with van der Waals surface area (Å²) in [5.41, 5.74) is -0.360. The number of hydrogen-bond donors (Lipinski definition) is 0. The normalized spacial score (nSPS) is 15.7. The van der Waals surface area contributed by atoms with Crippen LogP contribution in [0.5, 0.6) is 0 Å². The van der Waals surface area contributed by atoms with Gasteiger partial charge in [0, 0.05) is 24.0 Å². The van der Waals surface area contributed by atoms with Crippen LogP contribution in [0, 0.1) is 28.1 Å². The summed E-state index contributed by atoms with van der Waals surface area (Å²) >= 11 is 0. The van der Waals surface area contributed by atoms with E-state index in [0.29, 0.717) is 11.1 Å². The Kier molecular flexibility index (Phi) is 3.44. The van der Waals surface area contributed by atoms with Crippen LogP contribution in [0.15, 0.2) is 24.3 Å². The molecule has 0 spiro atoms. The van der Waals surface area contributed by atoms with Crippen molar-refractivity contribution in [1.82, 2.24) is 0 Å². The first-order valence-electron chi connectivity index (χ1n) is 6.10. The van der Waals surface area contributed by atoms with Crippen LogP contribution in [0.1, 0.15) is 46.4 Å². The molecule has 4 nitrogen and oxygen atoms in total. The van der Waals surface area contributed by atoms with Crippen LogP contribution in [0.4, 0.5) is 0 Å². The molecule has 0 bridgehead atoms. The van der Waals surface area contributed by atoms with Crippen molar-refractivity contribution in [2.24, 2.45) is 5.41 Å². The molecule has 0 heterocycles. The molecule has 1 aliphatic rings. The summed E-state index contributed by atoms with van der Waals surface area (Å²) in [4.78, 5) is 25.0. The van der Waals surface area contributed by atoms with Crippen molar-refractivity contribution in [1.29, 1.82) is 10.5 Å². The number of ketones is 2. The van der Waals surface area contributed by atoms with E-state index in [1.807, 2.05) is 12.1 Å². The molecule has 4 heteroatoms. The third kappa shape index (κ3) is 1.92. The van der Waals surface area contributed by atoms with Gasteiger partial charge in [-0.05, 0) is 12.8 Å². The Bertz CT molecular complexity index is 565. The van der Waals surface area contributed by atoms with E-state index in [0.717, 1.165) is 0 Å². The van der Waals surface area contributed by atoms with Crippen LogP contribution in [0.25, 0.3) is 0 Å². The van der Waals surface area contributed by atoms with Gasteiger partial charge in [-0.3, -0.25) is 9.59 Å². The number of nitriles is 2. The van der Waals surface area contributed by atoms with Gasteiger partial charge in [-0.2, -0.15) is 10.5 Å². The molecule has 0 amide bonds. The SMILES string of the molecule is N#CCCC1(CCC#N)C(=O)c2ccccc2C1=O. The molecule has 0 saturated carbocycles. The van der Waals surface area contributed by atoms with Gasteiger partial charge in [0.2, 0.25) is 0 Å². The fourth-order valence-corrected chi connectivity index (χ4v) is 2.62. The molecule has 0 aliphatic heterocycles. The van der Waals surface area contributed by atoms with Crippen molar-refractivity contribution in [2.45, 2.75) is 25.7 Å². The van der Waals surface area contributed by atoms with Crippen molar-refractivity contribution in [2.75, 3.05) is 0 Å². The van der Waals surface area contributed by atoms with Gasteiger partial charge in [0.15, 0.2) is 11.6 Å². The highest BCUT2D eigenvalue weighted by Crippen LogP contribution is 2.43. The summed E-state index contributed by atoms with van der Waals surface area (Å²) in [6.45, 7) is 0. The van der Waals surface area contributed by atoms with E-state index in [1.54, 1.807) is 24.3 Å². The van der Waals surface area contributed by atoms with Crippen LogP contribution in [0.2, 0.25) is 0 Å². The molecule has 0 fully saturated rings. The number of carbonyl (C=O) groups excluding carboxylic acids is 2. The van der Waals surface area contributed by atoms with Gasteiger partial charge >= 0.3 is 0 Å². The van der Waals surface area contributed by atoms with Crippen LogP contribution in [-0.2, 0) is 0 Å². The average molecular weight is 252 g/mol. The fraction of sp³-hybridized carbons (Fsp3) is 0.333. The second-order valence-corrected chi connectivity index (χ2v) is 4.60. The second kappa shape index (κ2) is 5.04. The first kappa shape index (κ1) is 13.0. The number of benzene rings is 1. The number of fused-ring (bicyclic) bond motifs is 1. The molecule has 19 heavy (non-hydrogen) atoms. The highest BCUT2D eigenvalue weighted by Gasteiger charge is 2.51. The molecule has 94 valence electrons. The van der Waals surface area contributed by atoms with Crippen molar-refractivity contribution in [3.05, 3.63) is 35.4 Å². The van der Waals surface area contributed by atoms with E-state index in [9.17, 15) is 9.59 Å². The van der Waals surface area contributed by atoms with Crippen LogP contribution in [0.3, 0.4) is 0 Å². The van der Waals surface area contributed by atoms with Crippen molar-refractivity contribution in [3.63, 3.8) is 0 Å². The Morgan fingerprint density at radius 2 is 1.32 bits per heavy atom. The quantitative estimate of drug-likeness (QED) is 0.771. The van der Waals surface area contributed by atoms with Crippen molar-refractivity contribution < 1.29 is 9.59 Å². The maximum Gasteiger partial charge on any atom is 0.177 e. The van der Waals surface area contributed by atoms with Crippen molar-refractivity contribution >= 4 is 11.6 Å². The first-order chi connectivity index (χ1) is 9.17. The Hall–Kier alpha value is -2.46. The maximum absolute atomic E-state index is 12.5. The van der Waals surface area contributed by atoms with E-state index in [2.05, 4.69) is 0 Å². The molecule has 2 rings (SSSR count). The lowest BCUT2D eigenvalue weighted by Crippen LogP contribution is -2.33. The lowest BCUT2D eigenvalue weighted by molar-refractivity contribution is 0.0671. The van der Waals surface area contributed by atoms with E-state index in [-0.39, 0.29) is 37.2 Å². The fourth-order valence-electron chi connectivity index (χ4n) is 2.62. The van der Waals surface area contributed by atoms with Gasteiger partial charge in [-0.15, -0.1) is 0 Å². The summed E-state index contributed by atoms with van der Waals surface area (Å²) in [5, 5.41) is 17.4. The molecular formula is C15H12N2O2. The Morgan fingerprint density at radius 1 is 0.895 bits per heavy atom. The van der Waals surface area contributed by atoms with Gasteiger partial charge in [0.25, 0.3) is 0 Å². The zero-order chi connectivity index (χ0) is 13.9. The summed E-state index contributed by atoms with van der Waals surface area (Å²) < 4.78 is 0. The van der Waals surface area contributed by atoms with E-state index in [4.69, 9.17) is 10.5 Å². The lowest BCUT2D eigenvalue weighted by Gasteiger charge is -2.23. The molecule has 0 aromatic heterocycles. The summed E-state index contributed by atoms with van der Waals surface area (Å²) in [7, 11) is 0. The monoisotopic (exact) mass is 252 g/mol. The largest absolute Gasteiger partial charge is 0.293 e. The highest BCUT2D eigenvalue weighted by atomic mass is 16.2. The van der Waals surface area contributed by atoms with Gasteiger partial charge in [-0.25, -0.2) is 0 Å². The molecule has 1 aromatic rings. The standard InChI is InChI=1S/C15H12N2O2/c16-9-3-7-15(8-4-10-17)13(18)11-5-1-2-6-12(11)14(15)19/h1-2,5-6H,3-4,7-8H2. The minimum atomic E-state index is -1.20.